The second kappa shape index (κ2) is 7.19. The van der Waals surface area contributed by atoms with Crippen LogP contribution in [0, 0.1) is 18.3 Å². The lowest BCUT2D eigenvalue weighted by Crippen LogP contribution is -2.14. The van der Waals surface area contributed by atoms with Gasteiger partial charge in [0.2, 0.25) is 0 Å². The van der Waals surface area contributed by atoms with Gasteiger partial charge in [-0.1, -0.05) is 35.3 Å². The summed E-state index contributed by atoms with van der Waals surface area (Å²) in [5.41, 5.74) is 1.80. The van der Waals surface area contributed by atoms with Crippen molar-refractivity contribution < 1.29 is 9.90 Å². The molecule has 0 saturated carbocycles. The Morgan fingerprint density at radius 3 is 2.65 bits per heavy atom. The van der Waals surface area contributed by atoms with Crippen LogP contribution in [-0.2, 0) is 4.79 Å². The van der Waals surface area contributed by atoms with Crippen molar-refractivity contribution in [3.05, 3.63) is 63.1 Å². The van der Waals surface area contributed by atoms with Crippen molar-refractivity contribution in [2.75, 3.05) is 5.32 Å². The lowest BCUT2D eigenvalue weighted by atomic mass is 10.1. The van der Waals surface area contributed by atoms with Crippen LogP contribution in [0.5, 0.6) is 5.75 Å². The van der Waals surface area contributed by atoms with E-state index in [0.29, 0.717) is 16.3 Å². The first-order chi connectivity index (χ1) is 10.9. The summed E-state index contributed by atoms with van der Waals surface area (Å²) in [6.07, 6.45) is 1.39. The second-order valence-electron chi connectivity index (χ2n) is 4.79. The van der Waals surface area contributed by atoms with Crippen molar-refractivity contribution in [1.29, 1.82) is 5.26 Å². The van der Waals surface area contributed by atoms with Crippen LogP contribution in [0.4, 0.5) is 5.69 Å². The van der Waals surface area contributed by atoms with Crippen molar-refractivity contribution >= 4 is 40.9 Å². The van der Waals surface area contributed by atoms with Gasteiger partial charge < -0.3 is 10.4 Å². The van der Waals surface area contributed by atoms with Crippen LogP contribution in [0.1, 0.15) is 11.1 Å². The average molecular weight is 347 g/mol. The van der Waals surface area contributed by atoms with E-state index in [1.807, 2.05) is 13.0 Å². The monoisotopic (exact) mass is 346 g/mol. The largest absolute Gasteiger partial charge is 0.506 e. The van der Waals surface area contributed by atoms with E-state index in [1.54, 1.807) is 24.3 Å². The van der Waals surface area contributed by atoms with E-state index in [0.717, 1.165) is 5.56 Å². The zero-order valence-electron chi connectivity index (χ0n) is 12.1. The first-order valence-electron chi connectivity index (χ1n) is 6.58. The number of carbonyl (C=O) groups is 1. The number of rotatable bonds is 3. The molecule has 0 aliphatic heterocycles. The Kier molecular flexibility index (Phi) is 5.28. The first kappa shape index (κ1) is 16.9. The number of benzene rings is 2. The van der Waals surface area contributed by atoms with E-state index in [2.05, 4.69) is 5.32 Å². The van der Waals surface area contributed by atoms with Gasteiger partial charge in [0.15, 0.2) is 0 Å². The molecule has 23 heavy (non-hydrogen) atoms. The Bertz CT molecular complexity index is 839. The van der Waals surface area contributed by atoms with Crippen LogP contribution in [0.3, 0.4) is 0 Å². The molecule has 2 aromatic rings. The second-order valence-corrected chi connectivity index (χ2v) is 5.64. The van der Waals surface area contributed by atoms with Crippen LogP contribution in [0.15, 0.2) is 42.0 Å². The maximum atomic E-state index is 12.2. The standard InChI is InChI=1S/C17H12Cl2N2O2/c1-10-2-4-13(18)8-15(10)21-17(23)12(9-20)6-11-3-5-16(22)14(19)7-11/h2-8,22H,1H3,(H,21,23)/b12-6-. The molecule has 0 aliphatic rings. The lowest BCUT2D eigenvalue weighted by molar-refractivity contribution is -0.112. The third kappa shape index (κ3) is 4.26. The third-order valence-corrected chi connectivity index (χ3v) is 3.63. The molecule has 0 spiro atoms. The van der Waals surface area contributed by atoms with Crippen molar-refractivity contribution in [1.82, 2.24) is 0 Å². The van der Waals surface area contributed by atoms with E-state index in [9.17, 15) is 15.2 Å². The fourth-order valence-electron chi connectivity index (χ4n) is 1.85. The smallest absolute Gasteiger partial charge is 0.266 e. The molecule has 2 aromatic carbocycles. The Labute approximate surface area is 143 Å². The number of hydrogen-bond acceptors (Lipinski definition) is 3. The summed E-state index contributed by atoms with van der Waals surface area (Å²) < 4.78 is 0. The molecule has 2 rings (SSSR count). The molecule has 0 heterocycles. The highest BCUT2D eigenvalue weighted by atomic mass is 35.5. The number of nitrogens with one attached hydrogen (secondary N) is 1. The van der Waals surface area contributed by atoms with Gasteiger partial charge in [-0.05, 0) is 48.4 Å². The van der Waals surface area contributed by atoms with E-state index < -0.39 is 5.91 Å². The summed E-state index contributed by atoms with van der Waals surface area (Å²) in [6, 6.07) is 11.4. The molecule has 4 nitrogen and oxygen atoms in total. The Morgan fingerprint density at radius 1 is 1.26 bits per heavy atom. The number of nitrogens with zero attached hydrogens (tertiary/aromatic N) is 1. The Morgan fingerprint density at radius 2 is 2.00 bits per heavy atom. The van der Waals surface area contributed by atoms with Crippen molar-refractivity contribution in [2.45, 2.75) is 6.92 Å². The van der Waals surface area contributed by atoms with Crippen LogP contribution < -0.4 is 5.32 Å². The van der Waals surface area contributed by atoms with Crippen LogP contribution in [-0.4, -0.2) is 11.0 Å². The number of carbonyl (C=O) groups excluding carboxylic acids is 1. The number of halogens is 2. The predicted octanol–water partition coefficient (Wildman–Crippen LogP) is 4.55. The topological polar surface area (TPSA) is 73.1 Å². The molecule has 116 valence electrons. The highest BCUT2D eigenvalue weighted by Crippen LogP contribution is 2.25. The van der Waals surface area contributed by atoms with E-state index >= 15 is 0 Å². The number of anilines is 1. The Hall–Kier alpha value is -2.48. The predicted molar refractivity (Wildman–Crippen MR) is 91.5 cm³/mol. The number of aryl methyl sites for hydroxylation is 1. The molecule has 2 N–H and O–H groups in total. The van der Waals surface area contributed by atoms with Crippen molar-refractivity contribution in [2.24, 2.45) is 0 Å². The molecule has 0 aliphatic carbocycles. The van der Waals surface area contributed by atoms with Gasteiger partial charge in [0.25, 0.3) is 5.91 Å². The summed E-state index contributed by atoms with van der Waals surface area (Å²) in [6.45, 7) is 1.82. The molecule has 0 radical (unpaired) electrons. The average Bonchev–Trinajstić information content (AvgIpc) is 2.51. The molecule has 0 aromatic heterocycles. The third-order valence-electron chi connectivity index (χ3n) is 3.10. The van der Waals surface area contributed by atoms with Gasteiger partial charge >= 0.3 is 0 Å². The maximum absolute atomic E-state index is 12.2. The fourth-order valence-corrected chi connectivity index (χ4v) is 2.21. The molecular formula is C17H12Cl2N2O2. The van der Waals surface area contributed by atoms with E-state index in [1.165, 1.54) is 18.2 Å². The number of phenols is 1. The zero-order chi connectivity index (χ0) is 17.0. The summed E-state index contributed by atoms with van der Waals surface area (Å²) in [4.78, 5) is 12.2. The van der Waals surface area contributed by atoms with Gasteiger partial charge in [0.1, 0.15) is 17.4 Å². The number of phenolic OH excluding ortho intramolecular Hbond substituents is 1. The molecule has 0 unspecified atom stereocenters. The summed E-state index contributed by atoms with van der Waals surface area (Å²) in [7, 11) is 0. The zero-order valence-corrected chi connectivity index (χ0v) is 13.6. The number of nitriles is 1. The summed E-state index contributed by atoms with van der Waals surface area (Å²) in [5.74, 6) is -0.622. The van der Waals surface area contributed by atoms with Gasteiger partial charge in [0, 0.05) is 10.7 Å². The fraction of sp³-hybridized carbons (Fsp3) is 0.0588. The van der Waals surface area contributed by atoms with Gasteiger partial charge in [0.05, 0.1) is 5.02 Å². The van der Waals surface area contributed by atoms with Crippen molar-refractivity contribution in [3.63, 3.8) is 0 Å². The molecule has 0 fully saturated rings. The van der Waals surface area contributed by atoms with Gasteiger partial charge in [-0.3, -0.25) is 4.79 Å². The summed E-state index contributed by atoms with van der Waals surface area (Å²) in [5, 5.41) is 21.9. The SMILES string of the molecule is Cc1ccc(Cl)cc1NC(=O)/C(C#N)=C\c1ccc(O)c(Cl)c1. The lowest BCUT2D eigenvalue weighted by Gasteiger charge is -2.08. The minimum atomic E-state index is -0.554. The maximum Gasteiger partial charge on any atom is 0.266 e. The van der Waals surface area contributed by atoms with Gasteiger partial charge in [-0.15, -0.1) is 0 Å². The molecule has 0 atom stereocenters. The Balaban J connectivity index is 2.28. The number of hydrogen-bond donors (Lipinski definition) is 2. The van der Waals surface area contributed by atoms with Gasteiger partial charge in [-0.2, -0.15) is 5.26 Å². The van der Waals surface area contributed by atoms with Crippen LogP contribution in [0.25, 0.3) is 6.08 Å². The quantitative estimate of drug-likeness (QED) is 0.632. The van der Waals surface area contributed by atoms with Gasteiger partial charge in [-0.25, -0.2) is 0 Å². The minimum absolute atomic E-state index is 0.0682. The number of aromatic hydroxyl groups is 1. The van der Waals surface area contributed by atoms with Crippen molar-refractivity contribution in [3.8, 4) is 11.8 Å². The first-order valence-corrected chi connectivity index (χ1v) is 7.34. The van der Waals surface area contributed by atoms with Crippen LogP contribution in [0.2, 0.25) is 10.0 Å². The van der Waals surface area contributed by atoms with E-state index in [-0.39, 0.29) is 16.3 Å². The van der Waals surface area contributed by atoms with Crippen LogP contribution >= 0.6 is 23.2 Å². The molecule has 1 amide bonds. The normalized spacial score (nSPS) is 11.0. The number of amides is 1. The molecule has 6 heteroatoms. The molecule has 0 saturated heterocycles. The highest BCUT2D eigenvalue weighted by Gasteiger charge is 2.11. The summed E-state index contributed by atoms with van der Waals surface area (Å²) >= 11 is 11.7. The molecular weight excluding hydrogens is 335 g/mol. The molecule has 0 bridgehead atoms. The minimum Gasteiger partial charge on any atom is -0.506 e. The highest BCUT2D eigenvalue weighted by molar-refractivity contribution is 6.32. The van der Waals surface area contributed by atoms with E-state index in [4.69, 9.17) is 23.2 Å².